The van der Waals surface area contributed by atoms with Gasteiger partial charge in [-0.3, -0.25) is 52.4 Å². The molecule has 1 aromatic carbocycles. The first-order valence-electron chi connectivity index (χ1n) is 48.5. The number of nitrogens with two attached hydrogens (primary N) is 2. The predicted octanol–water partition coefficient (Wildman–Crippen LogP) is 13.6. The van der Waals surface area contributed by atoms with E-state index < -0.39 is 75.3 Å². The number of H-pyrrole nitrogens is 1. The van der Waals surface area contributed by atoms with Crippen molar-refractivity contribution in [1.29, 1.82) is 5.41 Å². The summed E-state index contributed by atoms with van der Waals surface area (Å²) in [4.78, 5) is 111. The van der Waals surface area contributed by atoms with E-state index in [-0.39, 0.29) is 103 Å². The van der Waals surface area contributed by atoms with Gasteiger partial charge in [-0.1, -0.05) is 17.7 Å². The summed E-state index contributed by atoms with van der Waals surface area (Å²) in [5, 5.41) is 33.2. The van der Waals surface area contributed by atoms with E-state index in [1.54, 1.807) is 75.3 Å². The third-order valence-electron chi connectivity index (χ3n) is 23.4. The van der Waals surface area contributed by atoms with E-state index in [0.717, 1.165) is 123 Å². The monoisotopic (exact) mass is 2080 g/mol. The number of allylic oxidation sites excluding steroid dienone is 1. The number of aromatic amines is 1. The van der Waals surface area contributed by atoms with Gasteiger partial charge in [-0.05, 0) is 261 Å². The van der Waals surface area contributed by atoms with Crippen LogP contribution in [0.5, 0.6) is 0 Å². The van der Waals surface area contributed by atoms with E-state index in [1.807, 2.05) is 171 Å². The van der Waals surface area contributed by atoms with Crippen molar-refractivity contribution in [3.05, 3.63) is 111 Å². The topological polar surface area (TPSA) is 518 Å². The van der Waals surface area contributed by atoms with Crippen LogP contribution in [0.4, 0.5) is 19.2 Å². The number of likely N-dealkylation sites (tertiary alicyclic amines) is 4. The molecule has 2 saturated carbocycles. The average molecular weight is 2080 g/mol. The number of aromatic nitrogens is 8. The number of hydrogen-bond donors (Lipinski definition) is 5. The number of benzene rings is 1. The molecule has 7 N–H and O–H groups in total. The zero-order valence-corrected chi connectivity index (χ0v) is 92.0. The number of nitrogens with zero attached hydrogens (tertiary/aromatic N) is 13. The van der Waals surface area contributed by atoms with Crippen molar-refractivity contribution < 1.29 is 95.7 Å². The first-order valence-corrected chi connectivity index (χ1v) is 55.5. The predicted molar refractivity (Wildman–Crippen MR) is 547 cm³/mol. The summed E-state index contributed by atoms with van der Waals surface area (Å²) in [6.45, 7) is 46.6. The molecule has 6 aliphatic carbocycles. The van der Waals surface area contributed by atoms with Gasteiger partial charge in [0, 0.05) is 156 Å². The third-order valence-corrected chi connectivity index (χ3v) is 29.7. The van der Waals surface area contributed by atoms with E-state index in [0.29, 0.717) is 121 Å². The molecule has 8 heterocycles. The molecule has 4 atom stereocenters. The number of nitrogens with one attached hydrogen (secondary N) is 3. The SMILES string of the molecule is CC(C)(C)OC(=O)N1CCC(OS(C)(=O)=O)CC1.CC(C)(C)OC(=O)N1CCC(n2ncc3c2CCC3=N)CC1.CC(C)(C)OC(=O)N1CCC(n2ncc3c2CCC3=NS(=O)C(C)(C)C)CC1.CC(C)(C)OC(=O)N1CCC(n2ncc3c2CCC3NS(=O)C(C)(C)C)CC1.CC(C)(C)S(N)=O.CN(C)C=C1C(=O)CCC1=O.Cc1ccc(S(=O)(=O)CN)cc1.O=C1CCC(=O)C1.O=C1CCc2[nH]ncc21. The summed E-state index contributed by atoms with van der Waals surface area (Å²) in [7, 11) is -6.60. The van der Waals surface area contributed by atoms with Crippen LogP contribution in [0.25, 0.3) is 0 Å². The Morgan fingerprint density at radius 3 is 1.27 bits per heavy atom. The Balaban J connectivity index is 0.000000226. The molecule has 4 saturated heterocycles. The lowest BCUT2D eigenvalue weighted by Crippen LogP contribution is -2.43. The van der Waals surface area contributed by atoms with Crippen LogP contribution in [0.1, 0.15) is 334 Å². The molecule has 5 aromatic rings. The van der Waals surface area contributed by atoms with E-state index in [9.17, 15) is 72.6 Å². The first kappa shape index (κ1) is 120. The van der Waals surface area contributed by atoms with Crippen molar-refractivity contribution in [1.82, 2.24) is 68.8 Å². The van der Waals surface area contributed by atoms with Crippen molar-refractivity contribution in [3.63, 3.8) is 0 Å². The number of aryl methyl sites for hydroxylation is 2. The lowest BCUT2D eigenvalue weighted by atomic mass is 10.1. The Hall–Kier alpha value is -9.44. The number of ether oxygens (including phenoxy) is 4. The second-order valence-corrected chi connectivity index (χ2v) is 53.1. The number of fused-ring (bicyclic) bond motifs is 4. The minimum absolute atomic E-state index is 0.0244. The highest BCUT2D eigenvalue weighted by molar-refractivity contribution is 7.91. The molecule has 4 unspecified atom stereocenters. The van der Waals surface area contributed by atoms with Crippen LogP contribution >= 0.6 is 0 Å². The minimum atomic E-state index is -3.42. The summed E-state index contributed by atoms with van der Waals surface area (Å²) in [6.07, 6.45) is 23.5. The summed E-state index contributed by atoms with van der Waals surface area (Å²) in [5.41, 5.74) is 14.8. The van der Waals surface area contributed by atoms with E-state index in [1.165, 1.54) is 22.6 Å². The van der Waals surface area contributed by atoms with Gasteiger partial charge in [-0.15, -0.1) is 0 Å². The van der Waals surface area contributed by atoms with Gasteiger partial charge in [0.1, 0.15) is 50.8 Å². The zero-order valence-electron chi connectivity index (χ0n) is 87.9. The van der Waals surface area contributed by atoms with Gasteiger partial charge < -0.3 is 54.6 Å². The normalized spacial score (nSPS) is 19.1. The fourth-order valence-corrected chi connectivity index (χ4v) is 18.8. The van der Waals surface area contributed by atoms with E-state index >= 15 is 0 Å². The molecule has 15 rings (SSSR count). The van der Waals surface area contributed by atoms with Crippen molar-refractivity contribution in [2.24, 2.45) is 15.3 Å². The molecule has 794 valence electrons. The lowest BCUT2D eigenvalue weighted by Gasteiger charge is -2.34. The molecule has 4 aromatic heterocycles. The maximum atomic E-state index is 12.5. The van der Waals surface area contributed by atoms with Crippen LogP contribution < -0.4 is 15.6 Å². The Morgan fingerprint density at radius 1 is 0.507 bits per heavy atom. The van der Waals surface area contributed by atoms with Gasteiger partial charge in [0.2, 0.25) is 0 Å². The highest BCUT2D eigenvalue weighted by Gasteiger charge is 2.39. The highest BCUT2D eigenvalue weighted by atomic mass is 32.2. The van der Waals surface area contributed by atoms with Gasteiger partial charge in [-0.25, -0.2) is 44.9 Å². The maximum Gasteiger partial charge on any atom is 0.410 e. The number of carbonyl (C=O) groups excluding carboxylic acids is 9. The first-order chi connectivity index (χ1) is 65.6. The summed E-state index contributed by atoms with van der Waals surface area (Å²) >= 11 is 0. The number of amides is 4. The standard InChI is InChI=1S/C20H34N4O3S.C20H32N4O3S.C16H24N4O2.C11H21NO5S.C8H11NO2S.C8H11NO2.C6H6N2O.C5H6O2.C4H11NOS/c2*1-19(2,3)27-18(25)23-11-9-14(10-12-23)24-17-8-7-16(15(17)13-21-24)22-28(26)20(4,5)6;1-16(2,3)22-15(21)19-8-6-11(7-9-19)20-14-5-4-13(17)12(14)10-18-20;1-11(2,3)16-10(13)12-7-5-9(6-8-12)17-18(4,14)15;1-7-2-4-8(5-3-7)12(10,11)6-9;1-9(2)5-6-7(10)3-4-8(6)11;9-6-2-1-5-4(6)3-7-8-5;6-4-1-2-5(7)3-4;1-4(2,3)7(5)6/h13-14,16,22H,7-12H2,1-6H3;13-14H,7-12H2,1-6H3;10-11,17H,4-9H2,1-3H3;9H,5-8H2,1-4H3;2-5H,6,9H2,1H3;5H,3-4H2,1-2H3;3H,1-2H2,(H,7,8);1-3H2;5H2,1-3H3. The molecule has 4 aliphatic heterocycles. The van der Waals surface area contributed by atoms with Crippen LogP contribution in [0.3, 0.4) is 0 Å². The number of piperidine rings is 4. The van der Waals surface area contributed by atoms with Crippen molar-refractivity contribution in [2.45, 2.75) is 359 Å². The van der Waals surface area contributed by atoms with Crippen LogP contribution in [0, 0.1) is 12.3 Å². The molecular formula is C98H156N18O21S5. The Kier molecular flexibility index (Phi) is 43.0. The highest BCUT2D eigenvalue weighted by Crippen LogP contribution is 2.38. The van der Waals surface area contributed by atoms with Crippen molar-refractivity contribution >= 4 is 118 Å². The number of sulfone groups is 1. The Labute approximate surface area is 846 Å². The third kappa shape index (κ3) is 38.2. The number of ketones is 5. The van der Waals surface area contributed by atoms with Crippen LogP contribution in [-0.2, 0) is 121 Å². The molecule has 6 fully saturated rings. The van der Waals surface area contributed by atoms with Gasteiger partial charge in [0.15, 0.2) is 27.2 Å². The lowest BCUT2D eigenvalue weighted by molar-refractivity contribution is -0.122. The smallest absolute Gasteiger partial charge is 0.410 e. The molecule has 142 heavy (non-hydrogen) atoms. The maximum absolute atomic E-state index is 12.5. The Bertz CT molecular complexity index is 5550. The molecule has 44 heteroatoms. The summed E-state index contributed by atoms with van der Waals surface area (Å²) in [6, 6.07) is 7.64. The van der Waals surface area contributed by atoms with Gasteiger partial charge in [0.25, 0.3) is 10.1 Å². The second kappa shape index (κ2) is 51.1. The van der Waals surface area contributed by atoms with Crippen LogP contribution in [0.15, 0.2) is 70.1 Å². The van der Waals surface area contributed by atoms with Gasteiger partial charge in [0.05, 0.1) is 120 Å². The average Bonchev–Trinajstić information content (AvgIpc) is 1.63. The van der Waals surface area contributed by atoms with Crippen LogP contribution in [-0.4, -0.2) is 280 Å². The van der Waals surface area contributed by atoms with Crippen molar-refractivity contribution in [3.8, 4) is 0 Å². The molecule has 10 aliphatic rings. The molecule has 0 radical (unpaired) electrons. The van der Waals surface area contributed by atoms with Gasteiger partial charge in [-0.2, -0.15) is 33.2 Å². The number of hydrogen-bond acceptors (Lipinski definition) is 28. The summed E-state index contributed by atoms with van der Waals surface area (Å²) in [5.74, 6) is 0.0388. The molecule has 0 spiro atoms. The van der Waals surface area contributed by atoms with Crippen molar-refractivity contribution in [2.75, 3.05) is 78.6 Å². The molecule has 0 bridgehead atoms. The molecule has 4 amide bonds. The Morgan fingerprint density at radius 2 is 0.901 bits per heavy atom. The second-order valence-electron chi connectivity index (χ2n) is 43.7. The minimum Gasteiger partial charge on any atom is -0.444 e. The van der Waals surface area contributed by atoms with E-state index in [2.05, 4.69) is 48.7 Å². The summed E-state index contributed by atoms with van der Waals surface area (Å²) < 4.78 is 119. The van der Waals surface area contributed by atoms with E-state index in [4.69, 9.17) is 39.4 Å². The van der Waals surface area contributed by atoms with Crippen LogP contribution in [0.2, 0.25) is 0 Å². The molecular weight excluding hydrogens is 1930 g/mol. The fraction of sp³-hybridized carbons (Fsp3) is 0.684. The molecule has 39 nitrogen and oxygen atoms in total. The number of carbonyl (C=O) groups is 9. The largest absolute Gasteiger partial charge is 0.444 e. The fourth-order valence-electron chi connectivity index (χ4n) is 15.9. The number of Topliss-reactive ketones (excluding diaryl/α,β-unsaturated/α-hetero) is 5. The van der Waals surface area contributed by atoms with Gasteiger partial charge >= 0.3 is 24.4 Å². The number of rotatable bonds is 11. The quantitative estimate of drug-likeness (QED) is 0.0269. The zero-order chi connectivity index (χ0) is 107.